The summed E-state index contributed by atoms with van der Waals surface area (Å²) in [6.45, 7) is 9.76. The van der Waals surface area contributed by atoms with Crippen LogP contribution in [0.4, 0.5) is 19.1 Å². The monoisotopic (exact) mass is 513 g/mol. The Balaban J connectivity index is 1.70. The normalized spacial score (nSPS) is 13.3. The number of aromatic nitrogens is 5. The van der Waals surface area contributed by atoms with Gasteiger partial charge in [-0.1, -0.05) is 39.8 Å². The van der Waals surface area contributed by atoms with Crippen LogP contribution in [-0.4, -0.2) is 37.3 Å². The van der Waals surface area contributed by atoms with Crippen molar-refractivity contribution in [3.05, 3.63) is 48.5 Å². The topological polar surface area (TPSA) is 97.4 Å². The largest absolute Gasteiger partial charge is 0.419 e. The molecule has 1 aromatic carbocycles. The zero-order valence-corrected chi connectivity index (χ0v) is 21.7. The number of hydrogen-bond acceptors (Lipinski definition) is 5. The minimum Gasteiger partial charge on any atom is -0.360 e. The molecular weight excluding hydrogens is 479 g/mol. The lowest BCUT2D eigenvalue weighted by Gasteiger charge is -2.18. The van der Waals surface area contributed by atoms with E-state index in [0.717, 1.165) is 43.1 Å². The van der Waals surface area contributed by atoms with E-state index in [1.165, 1.54) is 0 Å². The molecule has 7 nitrogen and oxygen atoms in total. The van der Waals surface area contributed by atoms with Gasteiger partial charge in [0.05, 0.1) is 11.9 Å². The number of benzene rings is 1. The van der Waals surface area contributed by atoms with Crippen LogP contribution in [-0.2, 0) is 12.7 Å². The van der Waals surface area contributed by atoms with E-state index in [-0.39, 0.29) is 23.1 Å². The molecule has 4 aromatic rings. The molecule has 3 aromatic heterocycles. The SMILES string of the molecule is CC[C@H](CCCN)Nc1ncc(C(F)(F)F)c(-c2c[nH]c3cc(-c4cnn(CC(C)(C)C)c4)ccc23)n1. The summed E-state index contributed by atoms with van der Waals surface area (Å²) in [4.78, 5) is 11.4. The maximum Gasteiger partial charge on any atom is 0.419 e. The lowest BCUT2D eigenvalue weighted by molar-refractivity contribution is -0.137. The highest BCUT2D eigenvalue weighted by Gasteiger charge is 2.36. The molecule has 0 saturated carbocycles. The summed E-state index contributed by atoms with van der Waals surface area (Å²) < 4.78 is 43.7. The minimum absolute atomic E-state index is 0.0258. The van der Waals surface area contributed by atoms with Gasteiger partial charge in [-0.05, 0) is 42.9 Å². The average molecular weight is 514 g/mol. The molecule has 4 rings (SSSR count). The Kier molecular flexibility index (Phi) is 7.59. The summed E-state index contributed by atoms with van der Waals surface area (Å²) in [5.74, 6) is 0.170. The van der Waals surface area contributed by atoms with E-state index < -0.39 is 11.7 Å². The summed E-state index contributed by atoms with van der Waals surface area (Å²) in [6.07, 6.45) is 3.99. The van der Waals surface area contributed by atoms with Crippen LogP contribution in [0.2, 0.25) is 0 Å². The molecule has 0 aliphatic carbocycles. The molecule has 198 valence electrons. The second kappa shape index (κ2) is 10.5. The molecule has 1 atom stereocenters. The number of aromatic amines is 1. The number of nitrogens with one attached hydrogen (secondary N) is 2. The first-order chi connectivity index (χ1) is 17.5. The zero-order chi connectivity index (χ0) is 26.8. The van der Waals surface area contributed by atoms with Crippen LogP contribution < -0.4 is 11.1 Å². The van der Waals surface area contributed by atoms with Gasteiger partial charge in [0, 0.05) is 53.2 Å². The van der Waals surface area contributed by atoms with Crippen LogP contribution in [0.5, 0.6) is 0 Å². The lowest BCUT2D eigenvalue weighted by Crippen LogP contribution is -2.22. The molecule has 4 N–H and O–H groups in total. The van der Waals surface area contributed by atoms with Gasteiger partial charge in [0.1, 0.15) is 5.56 Å². The molecule has 0 fully saturated rings. The Morgan fingerprint density at radius 3 is 2.59 bits per heavy atom. The molecule has 0 spiro atoms. The standard InChI is InChI=1S/C27H34F3N7/c1-5-19(7-6-10-31)35-25-33-14-22(27(28,29)30)24(36-25)21-13-32-23-11-17(8-9-20(21)23)18-12-34-37(15-18)16-26(2,3)4/h8-9,11-15,19,32H,5-7,10,16,31H2,1-4H3,(H,33,35,36)/t19-/m1/s1. The van der Waals surface area contributed by atoms with Crippen LogP contribution in [0.25, 0.3) is 33.3 Å². The molecule has 37 heavy (non-hydrogen) atoms. The van der Waals surface area contributed by atoms with Crippen molar-refractivity contribution in [2.45, 2.75) is 65.7 Å². The first-order valence-electron chi connectivity index (χ1n) is 12.5. The Morgan fingerprint density at radius 2 is 1.92 bits per heavy atom. The molecule has 0 aliphatic rings. The fourth-order valence-electron chi connectivity index (χ4n) is 4.38. The molecule has 0 amide bonds. The van der Waals surface area contributed by atoms with E-state index in [1.807, 2.05) is 36.0 Å². The highest BCUT2D eigenvalue weighted by Crippen LogP contribution is 2.39. The van der Waals surface area contributed by atoms with Crippen molar-refractivity contribution in [2.24, 2.45) is 11.1 Å². The molecule has 0 aliphatic heterocycles. The Hall–Kier alpha value is -3.40. The van der Waals surface area contributed by atoms with E-state index in [1.54, 1.807) is 12.4 Å². The van der Waals surface area contributed by atoms with Crippen LogP contribution in [0, 0.1) is 5.41 Å². The van der Waals surface area contributed by atoms with E-state index in [9.17, 15) is 13.2 Å². The number of hydrogen-bond donors (Lipinski definition) is 3. The highest BCUT2D eigenvalue weighted by molar-refractivity contribution is 5.97. The van der Waals surface area contributed by atoms with Crippen LogP contribution in [0.1, 0.15) is 52.5 Å². The van der Waals surface area contributed by atoms with Crippen molar-refractivity contribution in [3.63, 3.8) is 0 Å². The fraction of sp³-hybridized carbons (Fsp3) is 0.444. The van der Waals surface area contributed by atoms with Crippen molar-refractivity contribution in [1.29, 1.82) is 0 Å². The zero-order valence-electron chi connectivity index (χ0n) is 21.7. The third kappa shape index (κ3) is 6.30. The predicted molar refractivity (Wildman–Crippen MR) is 141 cm³/mol. The van der Waals surface area contributed by atoms with Crippen molar-refractivity contribution < 1.29 is 13.2 Å². The third-order valence-corrected chi connectivity index (χ3v) is 6.22. The van der Waals surface area contributed by atoms with Gasteiger partial charge in [0.2, 0.25) is 5.95 Å². The first-order valence-corrected chi connectivity index (χ1v) is 12.5. The van der Waals surface area contributed by atoms with Gasteiger partial charge in [-0.15, -0.1) is 0 Å². The molecule has 0 unspecified atom stereocenters. The van der Waals surface area contributed by atoms with E-state index in [0.29, 0.717) is 23.0 Å². The maximum atomic E-state index is 13.9. The first kappa shape index (κ1) is 26.7. The number of alkyl halides is 3. The van der Waals surface area contributed by atoms with Gasteiger partial charge < -0.3 is 16.0 Å². The number of nitrogens with two attached hydrogens (primary N) is 1. The minimum atomic E-state index is -4.59. The third-order valence-electron chi connectivity index (χ3n) is 6.22. The van der Waals surface area contributed by atoms with Crippen molar-refractivity contribution >= 4 is 16.9 Å². The Labute approximate surface area is 214 Å². The smallest absolute Gasteiger partial charge is 0.360 e. The van der Waals surface area contributed by atoms with Gasteiger partial charge in [-0.3, -0.25) is 4.68 Å². The second-order valence-electron chi connectivity index (χ2n) is 10.6. The van der Waals surface area contributed by atoms with Crippen LogP contribution >= 0.6 is 0 Å². The lowest BCUT2D eigenvalue weighted by atomic mass is 9.97. The number of rotatable bonds is 9. The average Bonchev–Trinajstić information content (AvgIpc) is 3.46. The van der Waals surface area contributed by atoms with E-state index in [4.69, 9.17) is 5.73 Å². The number of nitrogens with zero attached hydrogens (tertiary/aromatic N) is 4. The summed E-state index contributed by atoms with van der Waals surface area (Å²) in [7, 11) is 0. The van der Waals surface area contributed by atoms with Crippen LogP contribution in [0.3, 0.4) is 0 Å². The molecule has 10 heteroatoms. The molecule has 0 bridgehead atoms. The van der Waals surface area contributed by atoms with Crippen LogP contribution in [0.15, 0.2) is 43.0 Å². The Bertz CT molecular complexity index is 1350. The van der Waals surface area contributed by atoms with Crippen molar-refractivity contribution in [3.8, 4) is 22.4 Å². The van der Waals surface area contributed by atoms with Gasteiger partial charge in [-0.2, -0.15) is 18.3 Å². The van der Waals surface area contributed by atoms with E-state index in [2.05, 4.69) is 46.1 Å². The fourth-order valence-corrected chi connectivity index (χ4v) is 4.38. The number of anilines is 1. The molecule has 0 radical (unpaired) electrons. The van der Waals surface area contributed by atoms with Gasteiger partial charge in [-0.25, -0.2) is 9.97 Å². The summed E-state index contributed by atoms with van der Waals surface area (Å²) in [5.41, 5.74) is 7.62. The number of fused-ring (bicyclic) bond motifs is 1. The molecule has 3 heterocycles. The summed E-state index contributed by atoms with van der Waals surface area (Å²) >= 11 is 0. The highest BCUT2D eigenvalue weighted by atomic mass is 19.4. The maximum absolute atomic E-state index is 13.9. The number of halogens is 3. The predicted octanol–water partition coefficient (Wildman–Crippen LogP) is 6.48. The van der Waals surface area contributed by atoms with Crippen molar-refractivity contribution in [1.82, 2.24) is 24.7 Å². The Morgan fingerprint density at radius 1 is 1.14 bits per heavy atom. The summed E-state index contributed by atoms with van der Waals surface area (Å²) in [6, 6.07) is 5.66. The quantitative estimate of drug-likeness (QED) is 0.238. The van der Waals surface area contributed by atoms with E-state index >= 15 is 0 Å². The second-order valence-corrected chi connectivity index (χ2v) is 10.6. The molecule has 0 saturated heterocycles. The van der Waals surface area contributed by atoms with Gasteiger partial charge >= 0.3 is 6.18 Å². The number of H-pyrrole nitrogens is 1. The van der Waals surface area contributed by atoms with Gasteiger partial charge in [0.15, 0.2) is 0 Å². The van der Waals surface area contributed by atoms with Crippen molar-refractivity contribution in [2.75, 3.05) is 11.9 Å². The van der Waals surface area contributed by atoms with Gasteiger partial charge in [0.25, 0.3) is 0 Å². The molecular formula is C27H34F3N7. The summed E-state index contributed by atoms with van der Waals surface area (Å²) in [5, 5.41) is 8.28.